The lowest BCUT2D eigenvalue weighted by atomic mass is 10.1. The maximum atomic E-state index is 12.3. The van der Waals surface area contributed by atoms with Gasteiger partial charge in [-0.25, -0.2) is 15.0 Å². The largest absolute Gasteiger partial charge is 0.489 e. The van der Waals surface area contributed by atoms with Crippen LogP contribution in [0.2, 0.25) is 0 Å². The molecule has 0 aliphatic rings. The number of rotatable bonds is 9. The van der Waals surface area contributed by atoms with Gasteiger partial charge in [0.2, 0.25) is 0 Å². The number of hydrogen-bond donors (Lipinski definition) is 3. The van der Waals surface area contributed by atoms with Crippen LogP contribution >= 0.6 is 0 Å². The van der Waals surface area contributed by atoms with E-state index < -0.39 is 23.7 Å². The van der Waals surface area contributed by atoms with Crippen LogP contribution in [-0.4, -0.2) is 46.7 Å². The Morgan fingerprint density at radius 2 is 1.58 bits per heavy atom. The average Bonchev–Trinajstić information content (AvgIpc) is 2.76. The van der Waals surface area contributed by atoms with Crippen LogP contribution < -0.4 is 15.6 Å². The predicted molar refractivity (Wildman–Crippen MR) is 123 cm³/mol. The second kappa shape index (κ2) is 11.3. The van der Waals surface area contributed by atoms with Crippen LogP contribution in [0.3, 0.4) is 0 Å². The minimum atomic E-state index is -0.965. The number of carbonyl (C=O) groups is 3. The van der Waals surface area contributed by atoms with Crippen molar-refractivity contribution in [3.05, 3.63) is 65.2 Å². The summed E-state index contributed by atoms with van der Waals surface area (Å²) in [6.07, 6.45) is -0.571. The molecule has 2 amide bonds. The smallest absolute Gasteiger partial charge is 0.410 e. The van der Waals surface area contributed by atoms with Gasteiger partial charge in [-0.15, -0.1) is 0 Å². The molecule has 1 unspecified atom stereocenters. The monoisotopic (exact) mass is 457 g/mol. The number of carboxylic acid groups (broad SMARTS) is 1. The first kappa shape index (κ1) is 25.7. The number of carbonyl (C=O) groups excluding carboxylic acids is 2. The minimum Gasteiger partial charge on any atom is -0.489 e. The molecule has 0 aliphatic heterocycles. The highest BCUT2D eigenvalue weighted by Crippen LogP contribution is 2.15. The molecule has 3 N–H and O–H groups in total. The molecule has 2 rings (SSSR count). The molecule has 0 saturated heterocycles. The molecule has 0 aliphatic carbocycles. The molecule has 2 aromatic carbocycles. The summed E-state index contributed by atoms with van der Waals surface area (Å²) in [4.78, 5) is 36.5. The highest BCUT2D eigenvalue weighted by molar-refractivity contribution is 5.87. The number of nitrogens with zero attached hydrogens (tertiary/aromatic N) is 1. The van der Waals surface area contributed by atoms with Crippen molar-refractivity contribution < 1.29 is 29.0 Å². The van der Waals surface area contributed by atoms with Crippen molar-refractivity contribution in [2.24, 2.45) is 0 Å². The third-order valence-corrected chi connectivity index (χ3v) is 4.68. The summed E-state index contributed by atoms with van der Waals surface area (Å²) >= 11 is 0. The van der Waals surface area contributed by atoms with E-state index in [0.29, 0.717) is 18.9 Å². The van der Waals surface area contributed by atoms with Crippen LogP contribution in [0.1, 0.15) is 49.2 Å². The fraction of sp³-hybridized carbons (Fsp3) is 0.375. The van der Waals surface area contributed by atoms with Gasteiger partial charge in [0.15, 0.2) is 0 Å². The molecule has 0 heterocycles. The Morgan fingerprint density at radius 3 is 2.12 bits per heavy atom. The second-order valence-corrected chi connectivity index (χ2v) is 8.54. The van der Waals surface area contributed by atoms with Crippen LogP contribution in [-0.2, 0) is 22.7 Å². The van der Waals surface area contributed by atoms with Crippen LogP contribution in [0, 0.1) is 0 Å². The Kier molecular flexibility index (Phi) is 8.81. The molecule has 2 aromatic rings. The summed E-state index contributed by atoms with van der Waals surface area (Å²) in [5, 5.41) is 8.93. The zero-order valence-electron chi connectivity index (χ0n) is 19.5. The molecular formula is C24H31N3O6. The lowest BCUT2D eigenvalue weighted by molar-refractivity contribution is -0.126. The molecule has 0 radical (unpaired) electrons. The van der Waals surface area contributed by atoms with E-state index in [-0.39, 0.29) is 11.5 Å². The first-order valence-corrected chi connectivity index (χ1v) is 10.5. The summed E-state index contributed by atoms with van der Waals surface area (Å²) < 4.78 is 11.0. The zero-order valence-corrected chi connectivity index (χ0v) is 19.5. The van der Waals surface area contributed by atoms with Gasteiger partial charge in [0.05, 0.1) is 5.56 Å². The van der Waals surface area contributed by atoms with Gasteiger partial charge in [0.1, 0.15) is 24.0 Å². The maximum absolute atomic E-state index is 12.3. The Hall–Kier alpha value is -3.59. The first-order valence-electron chi connectivity index (χ1n) is 10.5. The van der Waals surface area contributed by atoms with Gasteiger partial charge in [0, 0.05) is 13.6 Å². The van der Waals surface area contributed by atoms with Crippen molar-refractivity contribution >= 4 is 18.0 Å². The summed E-state index contributed by atoms with van der Waals surface area (Å²) in [7, 11) is 1.51. The lowest BCUT2D eigenvalue weighted by Gasteiger charge is -2.28. The van der Waals surface area contributed by atoms with E-state index in [1.54, 1.807) is 39.8 Å². The maximum Gasteiger partial charge on any atom is 0.410 e. The average molecular weight is 458 g/mol. The number of ether oxygens (including phenoxy) is 2. The molecule has 33 heavy (non-hydrogen) atoms. The number of benzene rings is 2. The summed E-state index contributed by atoms with van der Waals surface area (Å²) in [5.74, 6) is -0.665. The number of hydrogen-bond acceptors (Lipinski definition) is 6. The highest BCUT2D eigenvalue weighted by atomic mass is 16.6. The normalized spacial score (nSPS) is 11.9. The van der Waals surface area contributed by atoms with Crippen molar-refractivity contribution in [3.63, 3.8) is 0 Å². The molecule has 0 aromatic heterocycles. The Balaban J connectivity index is 1.76. The Labute approximate surface area is 193 Å². The molecule has 0 fully saturated rings. The lowest BCUT2D eigenvalue weighted by Crippen LogP contribution is -2.50. The fourth-order valence-electron chi connectivity index (χ4n) is 2.62. The zero-order chi connectivity index (χ0) is 24.6. The third-order valence-electron chi connectivity index (χ3n) is 4.68. The summed E-state index contributed by atoms with van der Waals surface area (Å²) in [6.45, 7) is 7.60. The van der Waals surface area contributed by atoms with Crippen LogP contribution in [0.25, 0.3) is 0 Å². The van der Waals surface area contributed by atoms with Gasteiger partial charge in [-0.1, -0.05) is 24.3 Å². The van der Waals surface area contributed by atoms with Gasteiger partial charge in [-0.2, -0.15) is 0 Å². The number of hydrazine groups is 1. The van der Waals surface area contributed by atoms with E-state index in [1.807, 2.05) is 24.3 Å². The number of amides is 2. The minimum absolute atomic E-state index is 0.230. The number of nitrogens with one attached hydrogen (secondary N) is 2. The van der Waals surface area contributed by atoms with Crippen LogP contribution in [0.15, 0.2) is 48.5 Å². The Morgan fingerprint density at radius 1 is 1.00 bits per heavy atom. The van der Waals surface area contributed by atoms with Gasteiger partial charge < -0.3 is 14.6 Å². The van der Waals surface area contributed by atoms with E-state index in [9.17, 15) is 14.4 Å². The highest BCUT2D eigenvalue weighted by Gasteiger charge is 2.26. The van der Waals surface area contributed by atoms with Crippen molar-refractivity contribution in [2.45, 2.75) is 52.5 Å². The van der Waals surface area contributed by atoms with Crippen molar-refractivity contribution in [2.75, 3.05) is 7.05 Å². The van der Waals surface area contributed by atoms with Gasteiger partial charge in [0.25, 0.3) is 5.91 Å². The quantitative estimate of drug-likeness (QED) is 0.495. The fourth-order valence-corrected chi connectivity index (χ4v) is 2.62. The summed E-state index contributed by atoms with van der Waals surface area (Å²) in [6, 6.07) is 13.1. The van der Waals surface area contributed by atoms with Crippen LogP contribution in [0.5, 0.6) is 5.75 Å². The molecule has 9 nitrogen and oxygen atoms in total. The van der Waals surface area contributed by atoms with Crippen molar-refractivity contribution in [1.82, 2.24) is 15.8 Å². The molecule has 0 spiro atoms. The third kappa shape index (κ3) is 8.46. The molecular weight excluding hydrogens is 426 g/mol. The predicted octanol–water partition coefficient (Wildman–Crippen LogP) is 3.34. The molecule has 1 atom stereocenters. The first-order chi connectivity index (χ1) is 15.5. The van der Waals surface area contributed by atoms with E-state index in [1.165, 1.54) is 24.1 Å². The molecule has 0 bridgehead atoms. The topological polar surface area (TPSA) is 117 Å². The van der Waals surface area contributed by atoms with E-state index >= 15 is 0 Å². The van der Waals surface area contributed by atoms with E-state index in [2.05, 4.69) is 10.9 Å². The SMILES string of the molecule is CC(C(=O)NNCc1ccc(OCc2ccc(C(=O)O)cc2)cc1)N(C)C(=O)OC(C)(C)C. The van der Waals surface area contributed by atoms with Crippen molar-refractivity contribution in [3.8, 4) is 5.75 Å². The van der Waals surface area contributed by atoms with E-state index in [4.69, 9.17) is 14.6 Å². The molecule has 0 saturated carbocycles. The standard InChI is InChI=1S/C24H31N3O6/c1-16(27(5)23(31)33-24(2,3)4)21(28)26-25-14-17-8-12-20(13-9-17)32-15-18-6-10-19(11-7-18)22(29)30/h6-13,16,25H,14-15H2,1-5H3,(H,26,28)(H,29,30). The molecule has 9 heteroatoms. The van der Waals surface area contributed by atoms with Crippen molar-refractivity contribution in [1.29, 1.82) is 0 Å². The van der Waals surface area contributed by atoms with Crippen LogP contribution in [0.4, 0.5) is 4.79 Å². The van der Waals surface area contributed by atoms with Gasteiger partial charge in [-0.05, 0) is 63.1 Å². The van der Waals surface area contributed by atoms with Gasteiger partial charge >= 0.3 is 12.1 Å². The summed E-state index contributed by atoms with van der Waals surface area (Å²) in [5.41, 5.74) is 6.81. The number of carboxylic acids is 1. The van der Waals surface area contributed by atoms with Gasteiger partial charge in [-0.3, -0.25) is 15.1 Å². The van der Waals surface area contributed by atoms with E-state index in [0.717, 1.165) is 11.1 Å². The Bertz CT molecular complexity index is 952. The number of likely N-dealkylation sites (N-methyl/N-ethyl adjacent to an activating group) is 1. The molecule has 178 valence electrons. The second-order valence-electron chi connectivity index (χ2n) is 8.54. The number of aromatic carboxylic acids is 1.